The van der Waals surface area contributed by atoms with E-state index in [1.165, 1.54) is 12.8 Å². The molecule has 2 rings (SSSR count). The van der Waals surface area contributed by atoms with E-state index in [0.29, 0.717) is 11.7 Å². The first-order chi connectivity index (χ1) is 7.83. The molecule has 88 valence electrons. The van der Waals surface area contributed by atoms with E-state index in [1.54, 1.807) is 18.9 Å². The van der Waals surface area contributed by atoms with Crippen LogP contribution in [-0.2, 0) is 4.74 Å². The van der Waals surface area contributed by atoms with Gasteiger partial charge < -0.3 is 10.2 Å². The second-order valence-corrected chi connectivity index (χ2v) is 4.82. The third-order valence-corrected chi connectivity index (χ3v) is 3.22. The van der Waals surface area contributed by atoms with E-state index < -0.39 is 0 Å². The average molecular weight is 240 g/mol. The zero-order valence-corrected chi connectivity index (χ0v) is 10.1. The Morgan fingerprint density at radius 3 is 3.00 bits per heavy atom. The van der Waals surface area contributed by atoms with Crippen LogP contribution >= 0.6 is 11.8 Å². The maximum Gasteiger partial charge on any atom is 0.144 e. The third-order valence-electron chi connectivity index (χ3n) is 2.35. The molecule has 5 nitrogen and oxygen atoms in total. The number of ether oxygens (including phenoxy) is 1. The number of hydrogen-bond acceptors (Lipinski definition) is 6. The predicted molar refractivity (Wildman–Crippen MR) is 64.4 cm³/mol. The predicted octanol–water partition coefficient (Wildman–Crippen LogP) is 1.38. The lowest BCUT2D eigenvalue weighted by Gasteiger charge is -2.06. The van der Waals surface area contributed by atoms with Crippen LogP contribution < -0.4 is 11.3 Å². The number of nitrogen functional groups attached to an aromatic ring is 1. The van der Waals surface area contributed by atoms with Gasteiger partial charge in [0.05, 0.1) is 6.61 Å². The summed E-state index contributed by atoms with van der Waals surface area (Å²) in [4.78, 5) is 8.87. The van der Waals surface area contributed by atoms with E-state index in [0.717, 1.165) is 23.2 Å². The SMILES string of the molecule is COCCSc1cc(NN)nc(C2CC2)n1. The number of hydrazine groups is 1. The van der Waals surface area contributed by atoms with Crippen LogP contribution in [0.5, 0.6) is 0 Å². The van der Waals surface area contributed by atoms with Crippen molar-refractivity contribution in [3.05, 3.63) is 11.9 Å². The Morgan fingerprint density at radius 2 is 2.38 bits per heavy atom. The number of nitrogens with two attached hydrogens (primary N) is 1. The molecule has 16 heavy (non-hydrogen) atoms. The molecule has 1 heterocycles. The van der Waals surface area contributed by atoms with Crippen LogP contribution in [0, 0.1) is 0 Å². The van der Waals surface area contributed by atoms with Gasteiger partial charge in [0.15, 0.2) is 0 Å². The lowest BCUT2D eigenvalue weighted by molar-refractivity contribution is 0.218. The summed E-state index contributed by atoms with van der Waals surface area (Å²) in [5, 5.41) is 0.960. The van der Waals surface area contributed by atoms with Gasteiger partial charge in [0.25, 0.3) is 0 Å². The number of nitrogens with one attached hydrogen (secondary N) is 1. The molecule has 0 radical (unpaired) electrons. The molecular formula is C10H16N4OS. The topological polar surface area (TPSA) is 73.1 Å². The minimum atomic E-state index is 0.537. The first-order valence-electron chi connectivity index (χ1n) is 5.31. The molecule has 0 amide bonds. The van der Waals surface area contributed by atoms with Gasteiger partial charge in [-0.05, 0) is 12.8 Å². The molecule has 0 spiro atoms. The van der Waals surface area contributed by atoms with Crippen molar-refractivity contribution in [1.29, 1.82) is 0 Å². The summed E-state index contributed by atoms with van der Waals surface area (Å²) in [5.41, 5.74) is 2.59. The average Bonchev–Trinajstić information content (AvgIpc) is 3.13. The van der Waals surface area contributed by atoms with Gasteiger partial charge in [0.2, 0.25) is 0 Å². The molecule has 1 aromatic rings. The molecule has 0 saturated heterocycles. The Bertz CT molecular complexity index is 357. The summed E-state index contributed by atoms with van der Waals surface area (Å²) in [6.45, 7) is 0.721. The highest BCUT2D eigenvalue weighted by atomic mass is 32.2. The largest absolute Gasteiger partial charge is 0.384 e. The van der Waals surface area contributed by atoms with Crippen molar-refractivity contribution in [1.82, 2.24) is 9.97 Å². The number of anilines is 1. The van der Waals surface area contributed by atoms with E-state index in [2.05, 4.69) is 15.4 Å². The Morgan fingerprint density at radius 1 is 1.56 bits per heavy atom. The van der Waals surface area contributed by atoms with Crippen molar-refractivity contribution < 1.29 is 4.74 Å². The monoisotopic (exact) mass is 240 g/mol. The number of aromatic nitrogens is 2. The Hall–Kier alpha value is -0.850. The van der Waals surface area contributed by atoms with Gasteiger partial charge in [-0.1, -0.05) is 0 Å². The van der Waals surface area contributed by atoms with E-state index in [9.17, 15) is 0 Å². The van der Waals surface area contributed by atoms with Crippen molar-refractivity contribution in [2.75, 3.05) is 24.9 Å². The van der Waals surface area contributed by atoms with Crippen LogP contribution in [0.1, 0.15) is 24.6 Å². The zero-order valence-electron chi connectivity index (χ0n) is 9.27. The maximum absolute atomic E-state index is 5.39. The van der Waals surface area contributed by atoms with Crippen molar-refractivity contribution >= 4 is 17.6 Å². The van der Waals surface area contributed by atoms with Crippen molar-refractivity contribution in [3.63, 3.8) is 0 Å². The Labute approximate surface area is 99.2 Å². The number of methoxy groups -OCH3 is 1. The number of nitrogens with zero attached hydrogens (tertiary/aromatic N) is 2. The molecule has 0 bridgehead atoms. The van der Waals surface area contributed by atoms with Gasteiger partial charge in [-0.25, -0.2) is 15.8 Å². The van der Waals surface area contributed by atoms with Crippen LogP contribution in [-0.4, -0.2) is 29.4 Å². The summed E-state index contributed by atoms with van der Waals surface area (Å²) in [7, 11) is 1.70. The highest BCUT2D eigenvalue weighted by molar-refractivity contribution is 7.99. The first-order valence-corrected chi connectivity index (χ1v) is 6.29. The highest BCUT2D eigenvalue weighted by Crippen LogP contribution is 2.39. The fourth-order valence-corrected chi connectivity index (χ4v) is 2.16. The molecule has 3 N–H and O–H groups in total. The molecule has 0 unspecified atom stereocenters. The molecule has 1 saturated carbocycles. The number of rotatable bonds is 6. The molecule has 1 fully saturated rings. The number of hydrogen-bond donors (Lipinski definition) is 2. The maximum atomic E-state index is 5.39. The summed E-state index contributed by atoms with van der Waals surface area (Å²) in [6.07, 6.45) is 2.38. The van der Waals surface area contributed by atoms with Crippen LogP contribution in [0.2, 0.25) is 0 Å². The van der Waals surface area contributed by atoms with Crippen LogP contribution in [0.25, 0.3) is 0 Å². The minimum Gasteiger partial charge on any atom is -0.384 e. The van der Waals surface area contributed by atoms with Gasteiger partial charge in [0, 0.05) is 24.8 Å². The molecule has 6 heteroatoms. The molecule has 0 aliphatic heterocycles. The quantitative estimate of drug-likeness (QED) is 0.257. The minimum absolute atomic E-state index is 0.537. The summed E-state index contributed by atoms with van der Waals surface area (Å²) < 4.78 is 5.01. The van der Waals surface area contributed by atoms with Gasteiger partial charge in [0.1, 0.15) is 16.7 Å². The summed E-state index contributed by atoms with van der Waals surface area (Å²) in [6, 6.07) is 1.87. The molecule has 0 atom stereocenters. The second-order valence-electron chi connectivity index (χ2n) is 3.71. The van der Waals surface area contributed by atoms with Crippen molar-refractivity contribution in [2.24, 2.45) is 5.84 Å². The Kier molecular flexibility index (Phi) is 3.98. The van der Waals surface area contributed by atoms with Gasteiger partial charge >= 0.3 is 0 Å². The lowest BCUT2D eigenvalue weighted by atomic mass is 10.4. The summed E-state index contributed by atoms with van der Waals surface area (Å²) in [5.74, 6) is 8.42. The van der Waals surface area contributed by atoms with E-state index >= 15 is 0 Å². The van der Waals surface area contributed by atoms with Gasteiger partial charge in [-0.3, -0.25) is 0 Å². The normalized spacial score (nSPS) is 15.1. The fourth-order valence-electron chi connectivity index (χ4n) is 1.34. The molecule has 1 aliphatic carbocycles. The lowest BCUT2D eigenvalue weighted by Crippen LogP contribution is -2.10. The molecule has 1 aromatic heterocycles. The van der Waals surface area contributed by atoms with Crippen molar-refractivity contribution in [3.8, 4) is 0 Å². The van der Waals surface area contributed by atoms with E-state index in [4.69, 9.17) is 10.6 Å². The first kappa shape index (κ1) is 11.6. The van der Waals surface area contributed by atoms with Crippen molar-refractivity contribution in [2.45, 2.75) is 23.8 Å². The molecular weight excluding hydrogens is 224 g/mol. The van der Waals surface area contributed by atoms with Crippen LogP contribution in [0.3, 0.4) is 0 Å². The second kappa shape index (κ2) is 5.47. The molecule has 1 aliphatic rings. The Balaban J connectivity index is 2.06. The standard InChI is InChI=1S/C10H16N4OS/c1-15-4-5-16-9-6-8(14-11)12-10(13-9)7-2-3-7/h6-7H,2-5,11H2,1H3,(H,12,13,14). The molecule has 0 aromatic carbocycles. The number of thioether (sulfide) groups is 1. The smallest absolute Gasteiger partial charge is 0.144 e. The third kappa shape index (κ3) is 3.07. The van der Waals surface area contributed by atoms with E-state index in [-0.39, 0.29) is 0 Å². The van der Waals surface area contributed by atoms with Gasteiger partial charge in [-0.2, -0.15) is 0 Å². The zero-order chi connectivity index (χ0) is 11.4. The summed E-state index contributed by atoms with van der Waals surface area (Å²) >= 11 is 1.66. The van der Waals surface area contributed by atoms with E-state index in [1.807, 2.05) is 6.07 Å². The van der Waals surface area contributed by atoms with Gasteiger partial charge in [-0.15, -0.1) is 11.8 Å². The fraction of sp³-hybridized carbons (Fsp3) is 0.600. The highest BCUT2D eigenvalue weighted by Gasteiger charge is 2.27. The van der Waals surface area contributed by atoms with Crippen LogP contribution in [0.15, 0.2) is 11.1 Å². The van der Waals surface area contributed by atoms with Crippen LogP contribution in [0.4, 0.5) is 5.82 Å².